The lowest BCUT2D eigenvalue weighted by atomic mass is 9.83. The van der Waals surface area contributed by atoms with Gasteiger partial charge < -0.3 is 15.2 Å². The summed E-state index contributed by atoms with van der Waals surface area (Å²) in [5.41, 5.74) is 0. The van der Waals surface area contributed by atoms with Crippen molar-refractivity contribution in [2.75, 3.05) is 0 Å². The molecule has 1 heterocycles. The van der Waals surface area contributed by atoms with E-state index in [1.54, 1.807) is 0 Å². The molecule has 4 nitrogen and oxygen atoms in total. The summed E-state index contributed by atoms with van der Waals surface area (Å²) in [7, 11) is 0. The van der Waals surface area contributed by atoms with E-state index in [-0.39, 0.29) is 24.2 Å². The molecular formula is C15H25NO3. The zero-order chi connectivity index (χ0) is 13.6. The van der Waals surface area contributed by atoms with Crippen LogP contribution in [0, 0.1) is 17.8 Å². The van der Waals surface area contributed by atoms with Crippen LogP contribution >= 0.6 is 0 Å². The number of rotatable bonds is 3. The van der Waals surface area contributed by atoms with Crippen LogP contribution in [0.25, 0.3) is 0 Å². The summed E-state index contributed by atoms with van der Waals surface area (Å²) >= 11 is 0. The number of fused-ring (bicyclic) bond motifs is 2. The third-order valence-corrected chi connectivity index (χ3v) is 5.33. The van der Waals surface area contributed by atoms with Gasteiger partial charge in [-0.25, -0.2) is 0 Å². The van der Waals surface area contributed by atoms with Gasteiger partial charge >= 0.3 is 5.97 Å². The first-order chi connectivity index (χ1) is 9.04. The number of hydrogen-bond acceptors (Lipinski definition) is 3. The smallest absolute Gasteiger partial charge is 0.308 e. The largest absolute Gasteiger partial charge is 0.481 e. The Morgan fingerprint density at radius 1 is 1.11 bits per heavy atom. The SMILES string of the molecule is CC1CC(NC2C3CCC(C3)C2C(=O)O)CC(C)O1. The van der Waals surface area contributed by atoms with Crippen LogP contribution in [0.5, 0.6) is 0 Å². The second-order valence-corrected chi connectivity index (χ2v) is 6.82. The van der Waals surface area contributed by atoms with Gasteiger partial charge in [0.25, 0.3) is 0 Å². The fourth-order valence-electron chi connectivity index (χ4n) is 4.70. The number of carbonyl (C=O) groups is 1. The fourth-order valence-corrected chi connectivity index (χ4v) is 4.70. The molecule has 2 saturated carbocycles. The highest BCUT2D eigenvalue weighted by atomic mass is 16.5. The zero-order valence-corrected chi connectivity index (χ0v) is 11.8. The number of nitrogens with one attached hydrogen (secondary N) is 1. The van der Waals surface area contributed by atoms with Gasteiger partial charge in [0.15, 0.2) is 0 Å². The highest BCUT2D eigenvalue weighted by Gasteiger charge is 2.51. The van der Waals surface area contributed by atoms with Gasteiger partial charge in [0.2, 0.25) is 0 Å². The van der Waals surface area contributed by atoms with E-state index >= 15 is 0 Å². The molecule has 19 heavy (non-hydrogen) atoms. The molecule has 3 fully saturated rings. The molecule has 108 valence electrons. The van der Waals surface area contributed by atoms with E-state index in [4.69, 9.17) is 4.74 Å². The lowest BCUT2D eigenvalue weighted by molar-refractivity contribution is -0.144. The average molecular weight is 267 g/mol. The van der Waals surface area contributed by atoms with E-state index in [9.17, 15) is 9.90 Å². The lowest BCUT2D eigenvalue weighted by Crippen LogP contribution is -2.51. The molecule has 3 rings (SSSR count). The van der Waals surface area contributed by atoms with E-state index in [0.717, 1.165) is 25.7 Å². The second-order valence-electron chi connectivity index (χ2n) is 6.82. The summed E-state index contributed by atoms with van der Waals surface area (Å²) in [6.07, 6.45) is 6.00. The Bertz CT molecular complexity index is 349. The number of carboxylic acids is 1. The van der Waals surface area contributed by atoms with Crippen LogP contribution in [0.1, 0.15) is 46.0 Å². The van der Waals surface area contributed by atoms with Crippen LogP contribution in [0.2, 0.25) is 0 Å². The van der Waals surface area contributed by atoms with Crippen LogP contribution in [0.4, 0.5) is 0 Å². The van der Waals surface area contributed by atoms with Gasteiger partial charge in [0, 0.05) is 12.1 Å². The van der Waals surface area contributed by atoms with Gasteiger partial charge in [0.1, 0.15) is 0 Å². The first-order valence-corrected chi connectivity index (χ1v) is 7.69. The number of carboxylic acid groups (broad SMARTS) is 1. The average Bonchev–Trinajstić information content (AvgIpc) is 2.87. The van der Waals surface area contributed by atoms with Crippen molar-refractivity contribution < 1.29 is 14.6 Å². The Kier molecular flexibility index (Phi) is 3.56. The molecule has 0 aromatic rings. The van der Waals surface area contributed by atoms with Crippen molar-refractivity contribution in [2.45, 2.75) is 70.2 Å². The van der Waals surface area contributed by atoms with Crippen LogP contribution in [-0.2, 0) is 9.53 Å². The minimum atomic E-state index is -0.599. The molecule has 0 radical (unpaired) electrons. The molecular weight excluding hydrogens is 242 g/mol. The van der Waals surface area contributed by atoms with Crippen LogP contribution in [0.15, 0.2) is 0 Å². The van der Waals surface area contributed by atoms with Crippen molar-refractivity contribution in [1.29, 1.82) is 0 Å². The monoisotopic (exact) mass is 267 g/mol. The molecule has 6 unspecified atom stereocenters. The molecule has 2 aliphatic carbocycles. The second kappa shape index (κ2) is 5.06. The number of hydrogen-bond donors (Lipinski definition) is 2. The molecule has 2 N–H and O–H groups in total. The molecule has 1 saturated heterocycles. The third kappa shape index (κ3) is 2.52. The van der Waals surface area contributed by atoms with Gasteiger partial charge in [0.05, 0.1) is 18.1 Å². The van der Waals surface area contributed by atoms with Gasteiger partial charge in [-0.15, -0.1) is 0 Å². The maximum absolute atomic E-state index is 11.5. The van der Waals surface area contributed by atoms with Crippen molar-refractivity contribution in [1.82, 2.24) is 5.32 Å². The molecule has 1 aliphatic heterocycles. The van der Waals surface area contributed by atoms with Crippen molar-refractivity contribution >= 4 is 5.97 Å². The fraction of sp³-hybridized carbons (Fsp3) is 0.933. The highest BCUT2D eigenvalue weighted by molar-refractivity contribution is 5.72. The third-order valence-electron chi connectivity index (χ3n) is 5.33. The Balaban J connectivity index is 1.66. The van der Waals surface area contributed by atoms with Crippen molar-refractivity contribution in [2.24, 2.45) is 17.8 Å². The van der Waals surface area contributed by atoms with E-state index in [0.29, 0.717) is 17.9 Å². The lowest BCUT2D eigenvalue weighted by Gasteiger charge is -2.38. The van der Waals surface area contributed by atoms with Gasteiger partial charge in [-0.05, 0) is 57.8 Å². The Morgan fingerprint density at radius 2 is 1.74 bits per heavy atom. The summed E-state index contributed by atoms with van der Waals surface area (Å²) < 4.78 is 5.76. The van der Waals surface area contributed by atoms with Gasteiger partial charge in [-0.1, -0.05) is 0 Å². The summed E-state index contributed by atoms with van der Waals surface area (Å²) in [5, 5.41) is 13.2. The molecule has 6 atom stereocenters. The first-order valence-electron chi connectivity index (χ1n) is 7.69. The van der Waals surface area contributed by atoms with E-state index in [2.05, 4.69) is 19.2 Å². The number of aliphatic carboxylic acids is 1. The predicted molar refractivity (Wildman–Crippen MR) is 71.9 cm³/mol. The topological polar surface area (TPSA) is 58.6 Å². The quantitative estimate of drug-likeness (QED) is 0.821. The van der Waals surface area contributed by atoms with Crippen LogP contribution in [-0.4, -0.2) is 35.4 Å². The van der Waals surface area contributed by atoms with E-state index < -0.39 is 5.97 Å². The predicted octanol–water partition coefficient (Wildman–Crippen LogP) is 2.03. The van der Waals surface area contributed by atoms with Crippen molar-refractivity contribution in [3.8, 4) is 0 Å². The molecule has 0 aromatic carbocycles. The normalized spacial score (nSPS) is 49.5. The van der Waals surface area contributed by atoms with Crippen LogP contribution in [0.3, 0.4) is 0 Å². The molecule has 0 spiro atoms. The zero-order valence-electron chi connectivity index (χ0n) is 11.8. The maximum atomic E-state index is 11.5. The standard InChI is InChI=1S/C15H25NO3/c1-8-5-12(6-9(2)19-8)16-14-11-4-3-10(7-11)13(14)15(17)18/h8-14,16H,3-7H2,1-2H3,(H,17,18). The molecule has 0 amide bonds. The number of ether oxygens (including phenoxy) is 1. The van der Waals surface area contributed by atoms with E-state index in [1.165, 1.54) is 6.42 Å². The summed E-state index contributed by atoms with van der Waals surface area (Å²) in [6.45, 7) is 4.22. The maximum Gasteiger partial charge on any atom is 0.308 e. The molecule has 3 aliphatic rings. The summed E-state index contributed by atoms with van der Waals surface area (Å²) in [4.78, 5) is 11.5. The Labute approximate surface area is 114 Å². The van der Waals surface area contributed by atoms with Crippen molar-refractivity contribution in [3.05, 3.63) is 0 Å². The Hall–Kier alpha value is -0.610. The van der Waals surface area contributed by atoms with E-state index in [1.807, 2.05) is 0 Å². The summed E-state index contributed by atoms with van der Waals surface area (Å²) in [5.74, 6) is 0.235. The van der Waals surface area contributed by atoms with Crippen LogP contribution < -0.4 is 5.32 Å². The minimum Gasteiger partial charge on any atom is -0.481 e. The summed E-state index contributed by atoms with van der Waals surface area (Å²) in [6, 6.07) is 0.615. The van der Waals surface area contributed by atoms with Gasteiger partial charge in [-0.2, -0.15) is 0 Å². The minimum absolute atomic E-state index is 0.160. The van der Waals surface area contributed by atoms with Gasteiger partial charge in [-0.3, -0.25) is 4.79 Å². The molecule has 4 heteroatoms. The highest BCUT2D eigenvalue weighted by Crippen LogP contribution is 2.49. The van der Waals surface area contributed by atoms with Crippen molar-refractivity contribution in [3.63, 3.8) is 0 Å². The molecule has 2 bridgehead atoms. The Morgan fingerprint density at radius 3 is 2.37 bits per heavy atom. The first kappa shape index (κ1) is 13.4. The molecule has 0 aromatic heterocycles.